The molecule has 1 aromatic rings. The summed E-state index contributed by atoms with van der Waals surface area (Å²) in [6.07, 6.45) is 7.03. The fraction of sp³-hybridized carbons (Fsp3) is 0.600. The third-order valence-electron chi connectivity index (χ3n) is 3.83. The number of nitrogens with zero attached hydrogens (tertiary/aromatic N) is 1. The highest BCUT2D eigenvalue weighted by molar-refractivity contribution is 9.10. The van der Waals surface area contributed by atoms with Crippen LogP contribution in [0.15, 0.2) is 22.9 Å². The second-order valence-electron chi connectivity index (χ2n) is 5.91. The molecule has 1 amide bonds. The molecule has 1 fully saturated rings. The highest BCUT2D eigenvalue weighted by atomic mass is 79.9. The van der Waals surface area contributed by atoms with E-state index in [4.69, 9.17) is 0 Å². The lowest BCUT2D eigenvalue weighted by Crippen LogP contribution is -2.35. The number of pyridine rings is 1. The summed E-state index contributed by atoms with van der Waals surface area (Å²) in [7, 11) is 0. The summed E-state index contributed by atoms with van der Waals surface area (Å²) in [5.74, 6) is 0.717. The molecule has 1 aliphatic carbocycles. The zero-order valence-electron chi connectivity index (χ0n) is 11.6. The van der Waals surface area contributed by atoms with Crippen LogP contribution in [0.3, 0.4) is 0 Å². The Morgan fingerprint density at radius 2 is 2.11 bits per heavy atom. The lowest BCUT2D eigenvalue weighted by atomic mass is 9.77. The van der Waals surface area contributed by atoms with Gasteiger partial charge in [-0.2, -0.15) is 0 Å². The molecule has 0 aromatic carbocycles. The van der Waals surface area contributed by atoms with Crippen molar-refractivity contribution in [3.8, 4) is 0 Å². The second kappa shape index (κ2) is 6.04. The van der Waals surface area contributed by atoms with Crippen LogP contribution in [0.4, 0.5) is 5.69 Å². The number of aromatic nitrogens is 1. The Labute approximate surface area is 123 Å². The smallest absolute Gasteiger partial charge is 0.230 e. The Bertz CT molecular complexity index is 436. The zero-order chi connectivity index (χ0) is 13.9. The lowest BCUT2D eigenvalue weighted by molar-refractivity contribution is -0.126. The number of amides is 1. The standard InChI is InChI=1S/C15H21BrN2O/c1-11(2)9-15(7-3-4-8-15)14(19)18-12-5-6-13(16)17-10-12/h5-6,10-11H,3-4,7-9H2,1-2H3,(H,18,19). The van der Waals surface area contributed by atoms with Crippen LogP contribution < -0.4 is 5.32 Å². The summed E-state index contributed by atoms with van der Waals surface area (Å²) in [5.41, 5.74) is 0.615. The molecule has 19 heavy (non-hydrogen) atoms. The summed E-state index contributed by atoms with van der Waals surface area (Å²) < 4.78 is 0.781. The van der Waals surface area contributed by atoms with Gasteiger partial charge in [0.05, 0.1) is 11.9 Å². The number of hydrogen-bond donors (Lipinski definition) is 1. The molecule has 4 heteroatoms. The SMILES string of the molecule is CC(C)CC1(C(=O)Nc2ccc(Br)nc2)CCCC1. The summed E-state index contributed by atoms with van der Waals surface area (Å²) >= 11 is 3.30. The van der Waals surface area contributed by atoms with Crippen molar-refractivity contribution in [2.45, 2.75) is 46.0 Å². The van der Waals surface area contributed by atoms with Crippen molar-refractivity contribution in [2.24, 2.45) is 11.3 Å². The molecule has 2 rings (SSSR count). The van der Waals surface area contributed by atoms with E-state index in [0.717, 1.165) is 29.6 Å². The molecular weight excluding hydrogens is 304 g/mol. The first-order chi connectivity index (χ1) is 9.02. The average Bonchev–Trinajstić information content (AvgIpc) is 2.81. The van der Waals surface area contributed by atoms with E-state index in [1.165, 1.54) is 12.8 Å². The highest BCUT2D eigenvalue weighted by Gasteiger charge is 2.41. The summed E-state index contributed by atoms with van der Waals surface area (Å²) in [4.78, 5) is 16.8. The van der Waals surface area contributed by atoms with Crippen molar-refractivity contribution in [2.75, 3.05) is 5.32 Å². The van der Waals surface area contributed by atoms with Gasteiger partial charge < -0.3 is 5.32 Å². The third kappa shape index (κ3) is 3.56. The maximum Gasteiger partial charge on any atom is 0.230 e. The number of nitrogens with one attached hydrogen (secondary N) is 1. The second-order valence-corrected chi connectivity index (χ2v) is 6.72. The van der Waals surface area contributed by atoms with E-state index in [1.54, 1.807) is 6.20 Å². The molecule has 0 radical (unpaired) electrons. The van der Waals surface area contributed by atoms with Gasteiger partial charge in [0.25, 0.3) is 0 Å². The van der Waals surface area contributed by atoms with Crippen molar-refractivity contribution >= 4 is 27.5 Å². The first kappa shape index (κ1) is 14.5. The third-order valence-corrected chi connectivity index (χ3v) is 4.30. The van der Waals surface area contributed by atoms with Crippen molar-refractivity contribution < 1.29 is 4.79 Å². The van der Waals surface area contributed by atoms with Gasteiger partial charge in [-0.15, -0.1) is 0 Å². The van der Waals surface area contributed by atoms with Crippen LogP contribution in [0.25, 0.3) is 0 Å². The predicted octanol–water partition coefficient (Wildman–Crippen LogP) is 4.39. The first-order valence-corrected chi connectivity index (χ1v) is 7.74. The fourth-order valence-corrected chi connectivity index (χ4v) is 3.31. The van der Waals surface area contributed by atoms with E-state index >= 15 is 0 Å². The molecule has 3 nitrogen and oxygen atoms in total. The molecule has 1 saturated carbocycles. The number of rotatable bonds is 4. The molecule has 1 heterocycles. The molecule has 0 unspecified atom stereocenters. The molecule has 1 N–H and O–H groups in total. The fourth-order valence-electron chi connectivity index (χ4n) is 3.07. The van der Waals surface area contributed by atoms with Crippen LogP contribution in [-0.4, -0.2) is 10.9 Å². The number of hydrogen-bond acceptors (Lipinski definition) is 2. The van der Waals surface area contributed by atoms with Crippen LogP contribution >= 0.6 is 15.9 Å². The Balaban J connectivity index is 2.09. The Kier molecular flexibility index (Phi) is 4.61. The van der Waals surface area contributed by atoms with Crippen LogP contribution in [0.1, 0.15) is 46.0 Å². The van der Waals surface area contributed by atoms with Crippen LogP contribution in [-0.2, 0) is 4.79 Å². The number of carbonyl (C=O) groups excluding carboxylic acids is 1. The molecule has 1 aromatic heterocycles. The summed E-state index contributed by atoms with van der Waals surface area (Å²) in [6.45, 7) is 4.38. The Hall–Kier alpha value is -0.900. The van der Waals surface area contributed by atoms with Crippen molar-refractivity contribution in [1.82, 2.24) is 4.98 Å². The quantitative estimate of drug-likeness (QED) is 0.834. The minimum atomic E-state index is -0.165. The van der Waals surface area contributed by atoms with Gasteiger partial charge in [-0.1, -0.05) is 26.7 Å². The maximum absolute atomic E-state index is 12.6. The monoisotopic (exact) mass is 324 g/mol. The van der Waals surface area contributed by atoms with Crippen LogP contribution in [0, 0.1) is 11.3 Å². The average molecular weight is 325 g/mol. The maximum atomic E-state index is 12.6. The van der Waals surface area contributed by atoms with Crippen molar-refractivity contribution in [3.63, 3.8) is 0 Å². The van der Waals surface area contributed by atoms with Crippen LogP contribution in [0.5, 0.6) is 0 Å². The van der Waals surface area contributed by atoms with Gasteiger partial charge in [-0.3, -0.25) is 4.79 Å². The zero-order valence-corrected chi connectivity index (χ0v) is 13.2. The van der Waals surface area contributed by atoms with Gasteiger partial charge in [0.2, 0.25) is 5.91 Å². The Morgan fingerprint density at radius 1 is 1.42 bits per heavy atom. The molecule has 1 aliphatic rings. The summed E-state index contributed by atoms with van der Waals surface area (Å²) in [5, 5.41) is 3.04. The van der Waals surface area contributed by atoms with Gasteiger partial charge >= 0.3 is 0 Å². The molecule has 0 bridgehead atoms. The van der Waals surface area contributed by atoms with Gasteiger partial charge in [0, 0.05) is 5.41 Å². The van der Waals surface area contributed by atoms with E-state index in [9.17, 15) is 4.79 Å². The van der Waals surface area contributed by atoms with E-state index in [2.05, 4.69) is 40.1 Å². The molecule has 0 aliphatic heterocycles. The minimum Gasteiger partial charge on any atom is -0.324 e. The first-order valence-electron chi connectivity index (χ1n) is 6.95. The van der Waals surface area contributed by atoms with E-state index in [1.807, 2.05) is 12.1 Å². The lowest BCUT2D eigenvalue weighted by Gasteiger charge is -2.29. The van der Waals surface area contributed by atoms with Crippen molar-refractivity contribution in [3.05, 3.63) is 22.9 Å². The molecule has 104 valence electrons. The van der Waals surface area contributed by atoms with Crippen molar-refractivity contribution in [1.29, 1.82) is 0 Å². The summed E-state index contributed by atoms with van der Waals surface area (Å²) in [6, 6.07) is 3.73. The molecule has 0 atom stereocenters. The Morgan fingerprint density at radius 3 is 2.63 bits per heavy atom. The topological polar surface area (TPSA) is 42.0 Å². The largest absolute Gasteiger partial charge is 0.324 e. The van der Waals surface area contributed by atoms with E-state index in [0.29, 0.717) is 5.92 Å². The minimum absolute atomic E-state index is 0.165. The number of halogens is 1. The van der Waals surface area contributed by atoms with Crippen LogP contribution in [0.2, 0.25) is 0 Å². The van der Waals surface area contributed by atoms with E-state index < -0.39 is 0 Å². The molecule has 0 saturated heterocycles. The normalized spacial score (nSPS) is 17.7. The molecule has 0 spiro atoms. The van der Waals surface area contributed by atoms with Gasteiger partial charge in [-0.25, -0.2) is 4.98 Å². The van der Waals surface area contributed by atoms with Gasteiger partial charge in [0.15, 0.2) is 0 Å². The molecular formula is C15H21BrN2O. The highest BCUT2D eigenvalue weighted by Crippen LogP contribution is 2.44. The number of anilines is 1. The predicted molar refractivity (Wildman–Crippen MR) is 80.9 cm³/mol. The van der Waals surface area contributed by atoms with Gasteiger partial charge in [0.1, 0.15) is 4.60 Å². The van der Waals surface area contributed by atoms with E-state index in [-0.39, 0.29) is 11.3 Å². The number of carbonyl (C=O) groups is 1. The van der Waals surface area contributed by atoms with Gasteiger partial charge in [-0.05, 0) is 53.2 Å².